The van der Waals surface area contributed by atoms with Crippen LogP contribution < -0.4 is 10.4 Å². The van der Waals surface area contributed by atoms with Crippen molar-refractivity contribution in [3.8, 4) is 11.8 Å². The lowest BCUT2D eigenvalue weighted by molar-refractivity contribution is -0.137. The molecule has 0 atom stereocenters. The van der Waals surface area contributed by atoms with Crippen LogP contribution in [0.4, 0.5) is 23.7 Å². The van der Waals surface area contributed by atoms with E-state index in [2.05, 4.69) is 11.2 Å². The van der Waals surface area contributed by atoms with Gasteiger partial charge in [0.05, 0.1) is 40.8 Å². The van der Waals surface area contributed by atoms with Gasteiger partial charge in [-0.15, -0.1) is 0 Å². The highest BCUT2D eigenvalue weighted by atomic mass is 19.4. The van der Waals surface area contributed by atoms with E-state index in [1.165, 1.54) is 23.2 Å². The SMILES string of the molecule is [B]c1cnn(-c2ccc(C#N)cc2)c1C1=C(C)N(c2cccc(C(F)(F)F)c2)C(=O)N(C(C)C)C1. The van der Waals surface area contributed by atoms with E-state index >= 15 is 0 Å². The summed E-state index contributed by atoms with van der Waals surface area (Å²) in [5.74, 6) is 0. The molecule has 0 saturated heterocycles. The van der Waals surface area contributed by atoms with Crippen molar-refractivity contribution in [2.24, 2.45) is 0 Å². The molecule has 0 saturated carbocycles. The number of rotatable bonds is 4. The number of benzene rings is 2. The Hall–Kier alpha value is -4.00. The van der Waals surface area contributed by atoms with Gasteiger partial charge in [0.1, 0.15) is 7.85 Å². The topological polar surface area (TPSA) is 65.2 Å². The number of hydrogen-bond acceptors (Lipinski definition) is 3. The molecule has 2 amide bonds. The second kappa shape index (κ2) is 8.98. The third-order valence-corrected chi connectivity index (χ3v) is 5.92. The van der Waals surface area contributed by atoms with Crippen LogP contribution in [0.25, 0.3) is 11.3 Å². The summed E-state index contributed by atoms with van der Waals surface area (Å²) in [4.78, 5) is 16.3. The number of halogens is 3. The minimum atomic E-state index is -4.55. The predicted molar refractivity (Wildman–Crippen MR) is 127 cm³/mol. The van der Waals surface area contributed by atoms with E-state index in [0.29, 0.717) is 33.7 Å². The molecule has 10 heteroatoms. The molecule has 176 valence electrons. The molecule has 1 aromatic heterocycles. The maximum atomic E-state index is 13.4. The van der Waals surface area contributed by atoms with Crippen LogP contribution in [-0.4, -0.2) is 41.1 Å². The Bertz CT molecular complexity index is 1350. The van der Waals surface area contributed by atoms with Gasteiger partial charge in [0.15, 0.2) is 0 Å². The third kappa shape index (κ3) is 4.42. The molecule has 2 heterocycles. The standard InChI is InChI=1S/C25H21BF3N5O/c1-15(2)32-14-21(23-22(26)13-31-34(23)19-9-7-17(12-30)8-10-19)16(3)33(24(32)35)20-6-4-5-18(11-20)25(27,28)29/h4-11,13,15H,14H2,1-3H3. The number of aromatic nitrogens is 2. The van der Waals surface area contributed by atoms with Gasteiger partial charge in [0, 0.05) is 23.5 Å². The highest BCUT2D eigenvalue weighted by Crippen LogP contribution is 2.36. The second-order valence-electron chi connectivity index (χ2n) is 8.47. The maximum Gasteiger partial charge on any atom is 0.416 e. The van der Waals surface area contributed by atoms with Gasteiger partial charge in [-0.05, 0) is 63.2 Å². The fourth-order valence-electron chi connectivity index (χ4n) is 4.07. The van der Waals surface area contributed by atoms with Gasteiger partial charge >= 0.3 is 12.2 Å². The van der Waals surface area contributed by atoms with E-state index in [-0.39, 0.29) is 18.3 Å². The number of amides is 2. The molecule has 0 N–H and O–H groups in total. The summed E-state index contributed by atoms with van der Waals surface area (Å²) in [6, 6.07) is 12.8. The van der Waals surface area contributed by atoms with Crippen LogP contribution in [0.3, 0.4) is 0 Å². The number of carbonyl (C=O) groups is 1. The molecule has 0 bridgehead atoms. The lowest BCUT2D eigenvalue weighted by atomic mass is 9.91. The van der Waals surface area contributed by atoms with Crippen molar-refractivity contribution >= 4 is 30.6 Å². The molecule has 2 aromatic carbocycles. The highest BCUT2D eigenvalue weighted by molar-refractivity contribution is 6.34. The molecule has 1 aliphatic heterocycles. The van der Waals surface area contributed by atoms with Crippen LogP contribution in [0.5, 0.6) is 0 Å². The molecular formula is C25H21BF3N5O. The van der Waals surface area contributed by atoms with Crippen LogP contribution in [0, 0.1) is 11.3 Å². The van der Waals surface area contributed by atoms with Gasteiger partial charge in [0.25, 0.3) is 0 Å². The quantitative estimate of drug-likeness (QED) is 0.517. The predicted octanol–water partition coefficient (Wildman–Crippen LogP) is 4.64. The summed E-state index contributed by atoms with van der Waals surface area (Å²) >= 11 is 0. The average Bonchev–Trinajstić information content (AvgIpc) is 3.20. The van der Waals surface area contributed by atoms with Crippen molar-refractivity contribution < 1.29 is 18.0 Å². The van der Waals surface area contributed by atoms with Gasteiger partial charge in [-0.3, -0.25) is 4.90 Å². The Balaban J connectivity index is 1.91. The first-order chi connectivity index (χ1) is 16.5. The Kier molecular flexibility index (Phi) is 6.20. The molecule has 0 fully saturated rings. The van der Waals surface area contributed by atoms with Crippen LogP contribution >= 0.6 is 0 Å². The Morgan fingerprint density at radius 3 is 2.40 bits per heavy atom. The number of nitrogens with zero attached hydrogens (tertiary/aromatic N) is 5. The summed E-state index contributed by atoms with van der Waals surface area (Å²) in [6.45, 7) is 5.55. The van der Waals surface area contributed by atoms with Gasteiger partial charge < -0.3 is 4.90 Å². The normalized spacial score (nSPS) is 14.6. The lowest BCUT2D eigenvalue weighted by Crippen LogP contribution is -2.51. The largest absolute Gasteiger partial charge is 0.416 e. The first-order valence-corrected chi connectivity index (χ1v) is 10.8. The monoisotopic (exact) mass is 475 g/mol. The van der Waals surface area contributed by atoms with E-state index in [4.69, 9.17) is 13.1 Å². The van der Waals surface area contributed by atoms with Crippen LogP contribution in [0.2, 0.25) is 0 Å². The van der Waals surface area contributed by atoms with E-state index in [1.807, 2.05) is 13.8 Å². The Morgan fingerprint density at radius 2 is 1.80 bits per heavy atom. The van der Waals surface area contributed by atoms with Crippen molar-refractivity contribution in [1.82, 2.24) is 14.7 Å². The van der Waals surface area contributed by atoms with E-state index in [9.17, 15) is 18.0 Å². The number of hydrogen-bond donors (Lipinski definition) is 0. The van der Waals surface area contributed by atoms with Crippen molar-refractivity contribution in [3.05, 3.63) is 77.2 Å². The third-order valence-electron chi connectivity index (χ3n) is 5.92. The lowest BCUT2D eigenvalue weighted by Gasteiger charge is -2.40. The first-order valence-electron chi connectivity index (χ1n) is 10.8. The zero-order valence-electron chi connectivity index (χ0n) is 19.3. The molecule has 35 heavy (non-hydrogen) atoms. The van der Waals surface area contributed by atoms with Crippen LogP contribution in [0.15, 0.2) is 60.4 Å². The summed E-state index contributed by atoms with van der Waals surface area (Å²) in [7, 11) is 6.31. The second-order valence-corrected chi connectivity index (χ2v) is 8.47. The highest BCUT2D eigenvalue weighted by Gasteiger charge is 2.37. The van der Waals surface area contributed by atoms with Gasteiger partial charge in [-0.25, -0.2) is 9.48 Å². The Morgan fingerprint density at radius 1 is 1.11 bits per heavy atom. The van der Waals surface area contributed by atoms with Gasteiger partial charge in [-0.2, -0.15) is 23.5 Å². The first kappa shape index (κ1) is 24.1. The average molecular weight is 475 g/mol. The van der Waals surface area contributed by atoms with E-state index in [1.54, 1.807) is 40.8 Å². The molecule has 3 aromatic rings. The van der Waals surface area contributed by atoms with Gasteiger partial charge in [-0.1, -0.05) is 11.5 Å². The Labute approximate surface area is 202 Å². The summed E-state index contributed by atoms with van der Waals surface area (Å²) in [6.07, 6.45) is -3.07. The summed E-state index contributed by atoms with van der Waals surface area (Å²) < 4.78 is 41.8. The molecule has 0 spiro atoms. The molecule has 1 aliphatic rings. The summed E-state index contributed by atoms with van der Waals surface area (Å²) in [5.41, 5.74) is 2.37. The number of allylic oxidation sites excluding steroid dienone is 1. The number of alkyl halides is 3. The van der Waals surface area contributed by atoms with Crippen molar-refractivity contribution in [2.45, 2.75) is 33.0 Å². The summed E-state index contributed by atoms with van der Waals surface area (Å²) in [5, 5.41) is 13.5. The van der Waals surface area contributed by atoms with Crippen molar-refractivity contribution in [1.29, 1.82) is 5.26 Å². The van der Waals surface area contributed by atoms with Crippen LogP contribution in [0.1, 0.15) is 37.6 Å². The van der Waals surface area contributed by atoms with Crippen LogP contribution in [-0.2, 0) is 6.18 Å². The number of carbonyl (C=O) groups excluding carboxylic acids is 1. The molecule has 2 radical (unpaired) electrons. The number of urea groups is 1. The fourth-order valence-corrected chi connectivity index (χ4v) is 4.07. The zero-order chi connectivity index (χ0) is 25.5. The molecule has 0 aliphatic carbocycles. The zero-order valence-corrected chi connectivity index (χ0v) is 19.3. The number of anilines is 1. The van der Waals surface area contributed by atoms with Gasteiger partial charge in [0.2, 0.25) is 0 Å². The van der Waals surface area contributed by atoms with Crippen molar-refractivity contribution in [2.75, 3.05) is 11.4 Å². The molecular weight excluding hydrogens is 454 g/mol. The number of nitriles is 1. The smallest absolute Gasteiger partial charge is 0.317 e. The van der Waals surface area contributed by atoms with E-state index < -0.39 is 17.8 Å². The van der Waals surface area contributed by atoms with E-state index in [0.717, 1.165) is 12.1 Å². The molecule has 4 rings (SSSR count). The minimum absolute atomic E-state index is 0.105. The fraction of sp³-hybridized carbons (Fsp3) is 0.240. The molecule has 6 nitrogen and oxygen atoms in total. The maximum absolute atomic E-state index is 13.4. The van der Waals surface area contributed by atoms with Crippen molar-refractivity contribution in [3.63, 3.8) is 0 Å². The minimum Gasteiger partial charge on any atom is -0.317 e. The molecule has 0 unspecified atom stereocenters.